The summed E-state index contributed by atoms with van der Waals surface area (Å²) in [6, 6.07) is 1.87. The lowest BCUT2D eigenvalue weighted by Crippen LogP contribution is -2.57. The molecule has 2 fully saturated rings. The molecule has 0 amide bonds. The molecule has 1 aliphatic heterocycles. The third-order valence-electron chi connectivity index (χ3n) is 2.92. The van der Waals surface area contributed by atoms with E-state index in [0.717, 1.165) is 19.3 Å². The number of hydrogen-bond donors (Lipinski definition) is 1. The average Bonchev–Trinajstić information content (AvgIpc) is 1.76. The van der Waals surface area contributed by atoms with Gasteiger partial charge in [-0.15, -0.1) is 0 Å². The molecular weight excluding hydrogens is 140 g/mol. The zero-order chi connectivity index (χ0) is 7.84. The van der Waals surface area contributed by atoms with Crippen LogP contribution in [0.1, 0.15) is 12.8 Å². The molecule has 11 heavy (non-hydrogen) atoms. The molecule has 0 radical (unpaired) electrons. The average molecular weight is 156 g/mol. The van der Waals surface area contributed by atoms with Crippen LogP contribution in [0.4, 0.5) is 0 Å². The van der Waals surface area contributed by atoms with Gasteiger partial charge in [-0.3, -0.25) is 4.90 Å². The molecule has 0 spiro atoms. The fourth-order valence-electron chi connectivity index (χ4n) is 1.72. The molecule has 2 aliphatic rings. The Hall–Kier alpha value is -0.120. The zero-order valence-electron chi connectivity index (χ0n) is 6.99. The maximum atomic E-state index is 5.71. The molecule has 2 rings (SSSR count). The molecule has 1 saturated carbocycles. The first-order chi connectivity index (χ1) is 5.27. The van der Waals surface area contributed by atoms with Gasteiger partial charge >= 0.3 is 0 Å². The predicted molar refractivity (Wildman–Crippen MR) is 43.4 cm³/mol. The second kappa shape index (κ2) is 2.73. The minimum Gasteiger partial charge on any atom is -0.378 e. The summed E-state index contributed by atoms with van der Waals surface area (Å²) in [7, 11) is 2.18. The number of likely N-dealkylation sites (N-methyl/N-ethyl adjacent to an activating group) is 1. The molecule has 0 bridgehead atoms. The van der Waals surface area contributed by atoms with E-state index in [0.29, 0.717) is 12.1 Å². The van der Waals surface area contributed by atoms with E-state index in [4.69, 9.17) is 10.5 Å². The number of ether oxygens (including phenoxy) is 1. The Morgan fingerprint density at radius 2 is 1.91 bits per heavy atom. The van der Waals surface area contributed by atoms with Crippen LogP contribution in [0.3, 0.4) is 0 Å². The Morgan fingerprint density at radius 3 is 2.27 bits per heavy atom. The minimum atomic E-state index is 0.462. The van der Waals surface area contributed by atoms with Gasteiger partial charge in [0.25, 0.3) is 0 Å². The van der Waals surface area contributed by atoms with Crippen LogP contribution in [0.2, 0.25) is 0 Å². The van der Waals surface area contributed by atoms with Crippen molar-refractivity contribution in [2.45, 2.75) is 31.0 Å². The maximum Gasteiger partial charge on any atom is 0.0645 e. The van der Waals surface area contributed by atoms with Crippen LogP contribution in [-0.4, -0.2) is 43.3 Å². The van der Waals surface area contributed by atoms with Gasteiger partial charge in [0.1, 0.15) is 0 Å². The third-order valence-corrected chi connectivity index (χ3v) is 2.92. The van der Waals surface area contributed by atoms with Crippen molar-refractivity contribution in [3.63, 3.8) is 0 Å². The largest absolute Gasteiger partial charge is 0.378 e. The second-order valence-corrected chi connectivity index (χ2v) is 3.74. The van der Waals surface area contributed by atoms with E-state index in [1.807, 2.05) is 0 Å². The van der Waals surface area contributed by atoms with Gasteiger partial charge in [0, 0.05) is 12.1 Å². The van der Waals surface area contributed by atoms with Crippen molar-refractivity contribution in [1.29, 1.82) is 0 Å². The summed E-state index contributed by atoms with van der Waals surface area (Å²) in [4.78, 5) is 2.42. The Labute approximate surface area is 67.5 Å². The van der Waals surface area contributed by atoms with Crippen molar-refractivity contribution in [3.05, 3.63) is 0 Å². The lowest BCUT2D eigenvalue weighted by molar-refractivity contribution is -0.0813. The Balaban J connectivity index is 1.76. The lowest BCUT2D eigenvalue weighted by atomic mass is 9.85. The van der Waals surface area contributed by atoms with Crippen LogP contribution in [0.5, 0.6) is 0 Å². The second-order valence-electron chi connectivity index (χ2n) is 3.74. The number of rotatable bonds is 2. The number of nitrogens with zero attached hydrogens (tertiary/aromatic N) is 1. The molecule has 1 heterocycles. The molecule has 64 valence electrons. The fourth-order valence-corrected chi connectivity index (χ4v) is 1.72. The number of hydrogen-bond acceptors (Lipinski definition) is 3. The first kappa shape index (κ1) is 7.53. The molecule has 0 aromatic carbocycles. The first-order valence-corrected chi connectivity index (χ1v) is 4.32. The SMILES string of the molecule is CN(C1COC1)C1CC(N)C1. The maximum absolute atomic E-state index is 5.71. The van der Waals surface area contributed by atoms with Crippen LogP contribution >= 0.6 is 0 Å². The standard InChI is InChI=1S/C8H16N2O/c1-10(8-4-11-5-8)7-2-6(9)3-7/h6-8H,2-5,9H2,1H3. The summed E-state index contributed by atoms with van der Waals surface area (Å²) in [6.07, 6.45) is 2.35. The molecule has 0 unspecified atom stereocenters. The fraction of sp³-hybridized carbons (Fsp3) is 1.00. The van der Waals surface area contributed by atoms with Crippen LogP contribution < -0.4 is 5.73 Å². The van der Waals surface area contributed by atoms with Crippen LogP contribution in [-0.2, 0) is 4.74 Å². The van der Waals surface area contributed by atoms with Gasteiger partial charge in [0.15, 0.2) is 0 Å². The molecule has 0 atom stereocenters. The van der Waals surface area contributed by atoms with Crippen molar-refractivity contribution >= 4 is 0 Å². The third kappa shape index (κ3) is 1.28. The quantitative estimate of drug-likeness (QED) is 0.602. The molecule has 2 N–H and O–H groups in total. The molecule has 3 nitrogen and oxygen atoms in total. The molecule has 0 aromatic heterocycles. The zero-order valence-corrected chi connectivity index (χ0v) is 6.99. The minimum absolute atomic E-state index is 0.462. The van der Waals surface area contributed by atoms with Gasteiger partial charge < -0.3 is 10.5 Å². The predicted octanol–water partition coefficient (Wildman–Crippen LogP) is -0.193. The summed E-state index contributed by atoms with van der Waals surface area (Å²) in [5, 5.41) is 0. The van der Waals surface area contributed by atoms with Gasteiger partial charge in [-0.05, 0) is 19.9 Å². The highest BCUT2D eigenvalue weighted by atomic mass is 16.5. The molecule has 0 aromatic rings. The van der Waals surface area contributed by atoms with Gasteiger partial charge in [-0.2, -0.15) is 0 Å². The van der Waals surface area contributed by atoms with E-state index < -0.39 is 0 Å². The van der Waals surface area contributed by atoms with Gasteiger partial charge in [-0.25, -0.2) is 0 Å². The van der Waals surface area contributed by atoms with E-state index >= 15 is 0 Å². The molecule has 3 heteroatoms. The van der Waals surface area contributed by atoms with Gasteiger partial charge in [0.2, 0.25) is 0 Å². The van der Waals surface area contributed by atoms with E-state index in [1.165, 1.54) is 12.8 Å². The highest BCUT2D eigenvalue weighted by Gasteiger charge is 2.35. The Morgan fingerprint density at radius 1 is 1.27 bits per heavy atom. The summed E-state index contributed by atoms with van der Waals surface area (Å²) in [6.45, 7) is 1.84. The topological polar surface area (TPSA) is 38.5 Å². The Bertz CT molecular complexity index is 141. The summed E-state index contributed by atoms with van der Waals surface area (Å²) in [5.41, 5.74) is 5.71. The van der Waals surface area contributed by atoms with E-state index in [-0.39, 0.29) is 0 Å². The van der Waals surface area contributed by atoms with E-state index in [1.54, 1.807) is 0 Å². The highest BCUT2D eigenvalue weighted by molar-refractivity contribution is 4.92. The smallest absolute Gasteiger partial charge is 0.0645 e. The molecule has 1 aliphatic carbocycles. The summed E-state index contributed by atoms with van der Waals surface area (Å²) >= 11 is 0. The highest BCUT2D eigenvalue weighted by Crippen LogP contribution is 2.26. The van der Waals surface area contributed by atoms with Crippen molar-refractivity contribution in [1.82, 2.24) is 4.90 Å². The van der Waals surface area contributed by atoms with Crippen LogP contribution in [0, 0.1) is 0 Å². The van der Waals surface area contributed by atoms with Crippen LogP contribution in [0.15, 0.2) is 0 Å². The van der Waals surface area contributed by atoms with Crippen molar-refractivity contribution in [2.24, 2.45) is 5.73 Å². The van der Waals surface area contributed by atoms with Crippen LogP contribution in [0.25, 0.3) is 0 Å². The normalized spacial score (nSPS) is 38.5. The van der Waals surface area contributed by atoms with Crippen molar-refractivity contribution < 1.29 is 4.74 Å². The summed E-state index contributed by atoms with van der Waals surface area (Å²) < 4.78 is 5.13. The van der Waals surface area contributed by atoms with E-state index in [9.17, 15) is 0 Å². The molecular formula is C8H16N2O. The lowest BCUT2D eigenvalue weighted by Gasteiger charge is -2.45. The first-order valence-electron chi connectivity index (χ1n) is 4.32. The van der Waals surface area contributed by atoms with Gasteiger partial charge in [-0.1, -0.05) is 0 Å². The summed E-state index contributed by atoms with van der Waals surface area (Å²) in [5.74, 6) is 0. The monoisotopic (exact) mass is 156 g/mol. The Kier molecular flexibility index (Phi) is 1.87. The van der Waals surface area contributed by atoms with Gasteiger partial charge in [0.05, 0.1) is 19.3 Å². The number of nitrogens with two attached hydrogens (primary N) is 1. The van der Waals surface area contributed by atoms with Crippen molar-refractivity contribution in [3.8, 4) is 0 Å². The van der Waals surface area contributed by atoms with E-state index in [2.05, 4.69) is 11.9 Å². The van der Waals surface area contributed by atoms with Crippen molar-refractivity contribution in [2.75, 3.05) is 20.3 Å². The molecule has 1 saturated heterocycles.